The van der Waals surface area contributed by atoms with Crippen molar-refractivity contribution in [3.05, 3.63) is 72.5 Å². The zero-order chi connectivity index (χ0) is 12.8. The molecule has 0 heterocycles. The molecule has 0 saturated carbocycles. The van der Waals surface area contributed by atoms with Gasteiger partial charge < -0.3 is 0 Å². The standard InChI is InChI=1S/C18H11F/c19-16-8-7-13-9-14-6-5-12-3-1-2-4-17(12)18(14)11-15(13)10-16/h1-11H. The number of fused-ring (bicyclic) bond motifs is 4. The minimum atomic E-state index is -0.188. The van der Waals surface area contributed by atoms with Crippen LogP contribution < -0.4 is 0 Å². The van der Waals surface area contributed by atoms with Crippen molar-refractivity contribution in [3.8, 4) is 0 Å². The number of benzene rings is 4. The van der Waals surface area contributed by atoms with Crippen molar-refractivity contribution in [2.45, 2.75) is 0 Å². The van der Waals surface area contributed by atoms with E-state index in [0.717, 1.165) is 10.8 Å². The SMILES string of the molecule is Fc1ccc2cc3ccc4ccccc4c3cc2c1. The lowest BCUT2D eigenvalue weighted by molar-refractivity contribution is 0.630. The normalized spacial score (nSPS) is 11.4. The van der Waals surface area contributed by atoms with Gasteiger partial charge in [-0.05, 0) is 56.6 Å². The Morgan fingerprint density at radius 3 is 2.26 bits per heavy atom. The van der Waals surface area contributed by atoms with Gasteiger partial charge in [0.25, 0.3) is 0 Å². The van der Waals surface area contributed by atoms with Crippen LogP contribution in [0.4, 0.5) is 4.39 Å². The fraction of sp³-hybridized carbons (Fsp3) is 0. The third kappa shape index (κ3) is 1.59. The zero-order valence-corrected chi connectivity index (χ0v) is 10.2. The van der Waals surface area contributed by atoms with Gasteiger partial charge >= 0.3 is 0 Å². The van der Waals surface area contributed by atoms with Gasteiger partial charge in [-0.25, -0.2) is 4.39 Å². The molecule has 0 fully saturated rings. The summed E-state index contributed by atoms with van der Waals surface area (Å²) in [6, 6.07) is 21.7. The topological polar surface area (TPSA) is 0 Å². The van der Waals surface area contributed by atoms with Gasteiger partial charge in [0.05, 0.1) is 0 Å². The van der Waals surface area contributed by atoms with E-state index in [-0.39, 0.29) is 5.82 Å². The quantitative estimate of drug-likeness (QED) is 0.292. The summed E-state index contributed by atoms with van der Waals surface area (Å²) >= 11 is 0. The van der Waals surface area contributed by atoms with Gasteiger partial charge in [-0.1, -0.05) is 42.5 Å². The second kappa shape index (κ2) is 3.79. The molecule has 0 unspecified atom stereocenters. The molecule has 0 aliphatic carbocycles. The van der Waals surface area contributed by atoms with E-state index in [2.05, 4.69) is 36.4 Å². The lowest BCUT2D eigenvalue weighted by atomic mass is 9.98. The van der Waals surface area contributed by atoms with Crippen LogP contribution in [-0.4, -0.2) is 0 Å². The lowest BCUT2D eigenvalue weighted by Gasteiger charge is -2.06. The van der Waals surface area contributed by atoms with E-state index in [4.69, 9.17) is 0 Å². The highest BCUT2D eigenvalue weighted by Gasteiger charge is 2.03. The summed E-state index contributed by atoms with van der Waals surface area (Å²) in [7, 11) is 0. The number of halogens is 1. The summed E-state index contributed by atoms with van der Waals surface area (Å²) in [5.74, 6) is -0.188. The molecule has 1 heteroatoms. The average molecular weight is 246 g/mol. The van der Waals surface area contributed by atoms with Crippen LogP contribution >= 0.6 is 0 Å². The summed E-state index contributed by atoms with van der Waals surface area (Å²) < 4.78 is 13.4. The van der Waals surface area contributed by atoms with Crippen molar-refractivity contribution >= 4 is 32.3 Å². The predicted molar refractivity (Wildman–Crippen MR) is 78.9 cm³/mol. The van der Waals surface area contributed by atoms with Gasteiger partial charge in [0.2, 0.25) is 0 Å². The molecular formula is C18H11F. The second-order valence-electron chi connectivity index (χ2n) is 4.85. The van der Waals surface area contributed by atoms with E-state index < -0.39 is 0 Å². The molecule has 4 rings (SSSR count). The highest BCUT2D eigenvalue weighted by atomic mass is 19.1. The molecule has 19 heavy (non-hydrogen) atoms. The largest absolute Gasteiger partial charge is 0.207 e. The number of hydrogen-bond donors (Lipinski definition) is 0. The molecule has 0 aliphatic heterocycles. The van der Waals surface area contributed by atoms with Crippen LogP contribution in [0, 0.1) is 5.82 Å². The maximum atomic E-state index is 13.4. The Balaban J connectivity index is 2.23. The summed E-state index contributed by atoms with van der Waals surface area (Å²) in [4.78, 5) is 0. The smallest absolute Gasteiger partial charge is 0.123 e. The van der Waals surface area contributed by atoms with E-state index in [9.17, 15) is 4.39 Å². The third-order valence-corrected chi connectivity index (χ3v) is 3.66. The number of rotatable bonds is 0. The van der Waals surface area contributed by atoms with Crippen molar-refractivity contribution in [2.75, 3.05) is 0 Å². The van der Waals surface area contributed by atoms with Crippen molar-refractivity contribution < 1.29 is 4.39 Å². The lowest BCUT2D eigenvalue weighted by Crippen LogP contribution is -1.81. The Hall–Kier alpha value is -2.41. The van der Waals surface area contributed by atoms with Crippen molar-refractivity contribution in [2.24, 2.45) is 0 Å². The molecular weight excluding hydrogens is 235 g/mol. The molecule has 0 aromatic heterocycles. The number of hydrogen-bond acceptors (Lipinski definition) is 0. The first-order valence-electron chi connectivity index (χ1n) is 6.32. The summed E-state index contributed by atoms with van der Waals surface area (Å²) in [6.07, 6.45) is 0. The molecule has 0 nitrogen and oxygen atoms in total. The maximum absolute atomic E-state index is 13.4. The molecule has 0 atom stereocenters. The van der Waals surface area contributed by atoms with Crippen LogP contribution in [0.1, 0.15) is 0 Å². The molecule has 0 aliphatic rings. The first kappa shape index (κ1) is 10.5. The Morgan fingerprint density at radius 2 is 1.32 bits per heavy atom. The minimum absolute atomic E-state index is 0.188. The van der Waals surface area contributed by atoms with Crippen molar-refractivity contribution in [3.63, 3.8) is 0 Å². The molecule has 0 spiro atoms. The molecule has 0 bridgehead atoms. The first-order valence-corrected chi connectivity index (χ1v) is 6.32. The Labute approximate surface area is 110 Å². The summed E-state index contributed by atoms with van der Waals surface area (Å²) in [5.41, 5.74) is 0. The van der Waals surface area contributed by atoms with Crippen molar-refractivity contribution in [1.29, 1.82) is 0 Å². The van der Waals surface area contributed by atoms with E-state index in [1.807, 2.05) is 18.2 Å². The van der Waals surface area contributed by atoms with Crippen molar-refractivity contribution in [1.82, 2.24) is 0 Å². The zero-order valence-electron chi connectivity index (χ0n) is 10.2. The van der Waals surface area contributed by atoms with Gasteiger partial charge in [0.1, 0.15) is 5.82 Å². The fourth-order valence-electron chi connectivity index (χ4n) is 2.72. The van der Waals surface area contributed by atoms with Crippen LogP contribution in [0.25, 0.3) is 32.3 Å². The van der Waals surface area contributed by atoms with Crippen LogP contribution in [-0.2, 0) is 0 Å². The molecule has 0 radical (unpaired) electrons. The fourth-order valence-corrected chi connectivity index (χ4v) is 2.72. The predicted octanol–water partition coefficient (Wildman–Crippen LogP) is 5.29. The minimum Gasteiger partial charge on any atom is -0.207 e. The van der Waals surface area contributed by atoms with Gasteiger partial charge in [0.15, 0.2) is 0 Å². The van der Waals surface area contributed by atoms with Crippen LogP contribution in [0.3, 0.4) is 0 Å². The Kier molecular flexibility index (Phi) is 2.10. The van der Waals surface area contributed by atoms with Gasteiger partial charge in [-0.3, -0.25) is 0 Å². The van der Waals surface area contributed by atoms with Gasteiger partial charge in [-0.2, -0.15) is 0 Å². The van der Waals surface area contributed by atoms with E-state index in [0.29, 0.717) is 0 Å². The van der Waals surface area contributed by atoms with Gasteiger partial charge in [-0.15, -0.1) is 0 Å². The highest BCUT2D eigenvalue weighted by molar-refractivity contribution is 6.11. The third-order valence-electron chi connectivity index (χ3n) is 3.66. The first-order chi connectivity index (χ1) is 9.31. The monoisotopic (exact) mass is 246 g/mol. The Morgan fingerprint density at radius 1 is 0.526 bits per heavy atom. The Bertz CT molecular complexity index is 922. The summed E-state index contributed by atoms with van der Waals surface area (Å²) in [5, 5.41) is 6.82. The van der Waals surface area contributed by atoms with E-state index in [1.165, 1.54) is 27.6 Å². The molecule has 4 aromatic rings. The molecule has 0 N–H and O–H groups in total. The molecule has 90 valence electrons. The van der Waals surface area contributed by atoms with Crippen LogP contribution in [0.15, 0.2) is 66.7 Å². The average Bonchev–Trinajstić information content (AvgIpc) is 2.45. The molecule has 4 aromatic carbocycles. The van der Waals surface area contributed by atoms with Crippen LogP contribution in [0.5, 0.6) is 0 Å². The summed E-state index contributed by atoms with van der Waals surface area (Å²) in [6.45, 7) is 0. The highest BCUT2D eigenvalue weighted by Crippen LogP contribution is 2.29. The second-order valence-corrected chi connectivity index (χ2v) is 4.85. The maximum Gasteiger partial charge on any atom is 0.123 e. The van der Waals surface area contributed by atoms with E-state index in [1.54, 1.807) is 6.07 Å². The molecule has 0 amide bonds. The van der Waals surface area contributed by atoms with Crippen LogP contribution in [0.2, 0.25) is 0 Å². The molecule has 0 saturated heterocycles. The van der Waals surface area contributed by atoms with Gasteiger partial charge in [0, 0.05) is 0 Å². The van der Waals surface area contributed by atoms with E-state index >= 15 is 0 Å².